The number of hydrogen-bond donors (Lipinski definition) is 3. The molecular formula is C12H12N4O2. The lowest BCUT2D eigenvalue weighted by Crippen LogP contribution is -1.99. The zero-order valence-corrected chi connectivity index (χ0v) is 9.78. The fourth-order valence-electron chi connectivity index (χ4n) is 1.82. The number of benzene rings is 1. The second-order valence-corrected chi connectivity index (χ2v) is 4.07. The van der Waals surface area contributed by atoms with E-state index in [4.69, 9.17) is 4.42 Å². The van der Waals surface area contributed by atoms with Crippen molar-refractivity contribution in [2.75, 3.05) is 5.32 Å². The Morgan fingerprint density at radius 1 is 1.39 bits per heavy atom. The number of hydrogen-bond acceptors (Lipinski definition) is 4. The first kappa shape index (κ1) is 10.6. The molecule has 0 spiro atoms. The van der Waals surface area contributed by atoms with Crippen molar-refractivity contribution in [3.63, 3.8) is 0 Å². The molecule has 3 rings (SSSR count). The predicted octanol–water partition coefficient (Wildman–Crippen LogP) is 1.76. The Labute approximate surface area is 102 Å². The highest BCUT2D eigenvalue weighted by Crippen LogP contribution is 2.16. The standard InChI is InChI=1S/C12H12N4O2/c1-7-13-5-9(15-7)6-14-8-2-3-11-10(4-8)16-12(17)18-11/h2-5,14H,6H2,1H3,(H,13,15)(H,16,17). The summed E-state index contributed by atoms with van der Waals surface area (Å²) in [4.78, 5) is 20.9. The summed E-state index contributed by atoms with van der Waals surface area (Å²) in [7, 11) is 0. The van der Waals surface area contributed by atoms with Gasteiger partial charge in [-0.05, 0) is 25.1 Å². The average Bonchev–Trinajstić information content (AvgIpc) is 2.90. The number of anilines is 1. The van der Waals surface area contributed by atoms with Gasteiger partial charge in [0.2, 0.25) is 0 Å². The van der Waals surface area contributed by atoms with Crippen LogP contribution < -0.4 is 11.1 Å². The Hall–Kier alpha value is -2.50. The van der Waals surface area contributed by atoms with Gasteiger partial charge in [-0.3, -0.25) is 4.98 Å². The Kier molecular flexibility index (Phi) is 2.40. The van der Waals surface area contributed by atoms with E-state index in [0.717, 1.165) is 17.2 Å². The minimum absolute atomic E-state index is 0.439. The highest BCUT2D eigenvalue weighted by Gasteiger charge is 2.02. The minimum Gasteiger partial charge on any atom is -0.408 e. The molecule has 3 aromatic rings. The van der Waals surface area contributed by atoms with Gasteiger partial charge in [0.05, 0.1) is 24.0 Å². The number of aromatic nitrogens is 3. The molecule has 0 saturated heterocycles. The predicted molar refractivity (Wildman–Crippen MR) is 67.5 cm³/mol. The Bertz CT molecular complexity index is 738. The number of nitrogens with zero attached hydrogens (tertiary/aromatic N) is 1. The van der Waals surface area contributed by atoms with Gasteiger partial charge >= 0.3 is 5.76 Å². The van der Waals surface area contributed by atoms with Crippen LogP contribution in [0.4, 0.5) is 5.69 Å². The van der Waals surface area contributed by atoms with E-state index in [0.29, 0.717) is 17.6 Å². The number of aryl methyl sites for hydroxylation is 1. The number of nitrogens with one attached hydrogen (secondary N) is 3. The SMILES string of the molecule is Cc1ncc(CNc2ccc3oc(=O)[nH]c3c2)[nH]1. The highest BCUT2D eigenvalue weighted by molar-refractivity contribution is 5.76. The summed E-state index contributed by atoms with van der Waals surface area (Å²) in [6.45, 7) is 2.56. The summed E-state index contributed by atoms with van der Waals surface area (Å²) in [5, 5.41) is 3.24. The largest absolute Gasteiger partial charge is 0.417 e. The fraction of sp³-hybridized carbons (Fsp3) is 0.167. The van der Waals surface area contributed by atoms with Crippen LogP contribution >= 0.6 is 0 Å². The second-order valence-electron chi connectivity index (χ2n) is 4.07. The van der Waals surface area contributed by atoms with Crippen LogP contribution in [0.25, 0.3) is 11.1 Å². The molecule has 1 aromatic carbocycles. The molecule has 6 heteroatoms. The number of oxazole rings is 1. The maximum atomic E-state index is 11.0. The van der Waals surface area contributed by atoms with Gasteiger partial charge in [-0.2, -0.15) is 0 Å². The molecule has 0 atom stereocenters. The minimum atomic E-state index is -0.439. The molecular weight excluding hydrogens is 232 g/mol. The maximum Gasteiger partial charge on any atom is 0.417 e. The molecule has 2 aromatic heterocycles. The smallest absolute Gasteiger partial charge is 0.408 e. The summed E-state index contributed by atoms with van der Waals surface area (Å²) in [6, 6.07) is 5.46. The molecule has 0 unspecified atom stereocenters. The second kappa shape index (κ2) is 4.06. The van der Waals surface area contributed by atoms with E-state index in [9.17, 15) is 4.79 Å². The Morgan fingerprint density at radius 3 is 3.06 bits per heavy atom. The van der Waals surface area contributed by atoms with Gasteiger partial charge in [-0.25, -0.2) is 9.78 Å². The number of imidazole rings is 1. The van der Waals surface area contributed by atoms with E-state index in [1.807, 2.05) is 19.1 Å². The number of H-pyrrole nitrogens is 2. The average molecular weight is 244 g/mol. The first-order valence-electron chi connectivity index (χ1n) is 5.58. The molecule has 0 bridgehead atoms. The molecule has 6 nitrogen and oxygen atoms in total. The van der Waals surface area contributed by atoms with Crippen LogP contribution in [0.1, 0.15) is 11.5 Å². The normalized spacial score (nSPS) is 10.9. The third kappa shape index (κ3) is 2.00. The lowest BCUT2D eigenvalue weighted by Gasteiger charge is -2.03. The van der Waals surface area contributed by atoms with Crippen LogP contribution in [0.5, 0.6) is 0 Å². The molecule has 18 heavy (non-hydrogen) atoms. The summed E-state index contributed by atoms with van der Waals surface area (Å²) in [5.74, 6) is 0.452. The van der Waals surface area contributed by atoms with Crippen molar-refractivity contribution in [2.45, 2.75) is 13.5 Å². The highest BCUT2D eigenvalue weighted by atomic mass is 16.4. The van der Waals surface area contributed by atoms with Crippen LogP contribution in [-0.2, 0) is 6.54 Å². The van der Waals surface area contributed by atoms with E-state index in [1.54, 1.807) is 12.3 Å². The van der Waals surface area contributed by atoms with Gasteiger partial charge in [0.1, 0.15) is 5.82 Å². The van der Waals surface area contributed by atoms with Crippen LogP contribution in [0.15, 0.2) is 33.6 Å². The quantitative estimate of drug-likeness (QED) is 0.655. The fourth-order valence-corrected chi connectivity index (χ4v) is 1.82. The van der Waals surface area contributed by atoms with Crippen molar-refractivity contribution in [2.24, 2.45) is 0 Å². The van der Waals surface area contributed by atoms with Crippen LogP contribution in [0, 0.1) is 6.92 Å². The van der Waals surface area contributed by atoms with Crippen molar-refractivity contribution in [1.82, 2.24) is 15.0 Å². The van der Waals surface area contributed by atoms with Gasteiger partial charge in [-0.15, -0.1) is 0 Å². The van der Waals surface area contributed by atoms with Gasteiger partial charge in [0.25, 0.3) is 0 Å². The first-order valence-corrected chi connectivity index (χ1v) is 5.58. The van der Waals surface area contributed by atoms with Gasteiger partial charge in [-0.1, -0.05) is 0 Å². The summed E-state index contributed by atoms with van der Waals surface area (Å²) < 4.78 is 4.93. The summed E-state index contributed by atoms with van der Waals surface area (Å²) in [6.07, 6.45) is 1.79. The number of rotatable bonds is 3. The third-order valence-electron chi connectivity index (χ3n) is 2.66. The van der Waals surface area contributed by atoms with Gasteiger partial charge < -0.3 is 14.7 Å². The molecule has 92 valence electrons. The van der Waals surface area contributed by atoms with E-state index >= 15 is 0 Å². The molecule has 3 N–H and O–H groups in total. The number of fused-ring (bicyclic) bond motifs is 1. The maximum absolute atomic E-state index is 11.0. The lowest BCUT2D eigenvalue weighted by molar-refractivity contribution is 0.555. The molecule has 0 radical (unpaired) electrons. The van der Waals surface area contributed by atoms with Crippen molar-refractivity contribution in [3.8, 4) is 0 Å². The van der Waals surface area contributed by atoms with Crippen LogP contribution in [0.3, 0.4) is 0 Å². The Balaban J connectivity index is 1.80. The molecule has 0 fully saturated rings. The number of aromatic amines is 2. The zero-order valence-electron chi connectivity index (χ0n) is 9.78. The Morgan fingerprint density at radius 2 is 2.28 bits per heavy atom. The van der Waals surface area contributed by atoms with Crippen molar-refractivity contribution in [3.05, 3.63) is 46.5 Å². The molecule has 2 heterocycles. The third-order valence-corrected chi connectivity index (χ3v) is 2.66. The molecule has 0 aliphatic carbocycles. The van der Waals surface area contributed by atoms with Crippen LogP contribution in [0.2, 0.25) is 0 Å². The lowest BCUT2D eigenvalue weighted by atomic mass is 10.3. The zero-order chi connectivity index (χ0) is 12.5. The van der Waals surface area contributed by atoms with E-state index in [-0.39, 0.29) is 0 Å². The van der Waals surface area contributed by atoms with Crippen LogP contribution in [-0.4, -0.2) is 15.0 Å². The van der Waals surface area contributed by atoms with Crippen molar-refractivity contribution < 1.29 is 4.42 Å². The molecule has 0 saturated carbocycles. The summed E-state index contributed by atoms with van der Waals surface area (Å²) >= 11 is 0. The van der Waals surface area contributed by atoms with Crippen molar-refractivity contribution >= 4 is 16.8 Å². The summed E-state index contributed by atoms with van der Waals surface area (Å²) in [5.41, 5.74) is 3.16. The van der Waals surface area contributed by atoms with E-state index in [1.165, 1.54) is 0 Å². The first-order chi connectivity index (χ1) is 8.70. The molecule has 0 aliphatic rings. The topological polar surface area (TPSA) is 86.7 Å². The van der Waals surface area contributed by atoms with E-state index < -0.39 is 5.76 Å². The van der Waals surface area contributed by atoms with Gasteiger partial charge in [0, 0.05) is 5.69 Å². The van der Waals surface area contributed by atoms with Gasteiger partial charge in [0.15, 0.2) is 5.58 Å². The molecule has 0 aliphatic heterocycles. The molecule has 0 amide bonds. The van der Waals surface area contributed by atoms with Crippen molar-refractivity contribution in [1.29, 1.82) is 0 Å². The monoisotopic (exact) mass is 244 g/mol. The van der Waals surface area contributed by atoms with E-state index in [2.05, 4.69) is 20.3 Å².